The maximum absolute atomic E-state index is 14.2. The minimum absolute atomic E-state index is 0.0554. The minimum atomic E-state index is -1.07. The number of benzene rings is 2. The van der Waals surface area contributed by atoms with Gasteiger partial charge in [-0.05, 0) is 49.1 Å². The molecule has 3 rings (SSSR count). The average molecular weight is 306 g/mol. The number of hydrogen-bond donors (Lipinski definition) is 2. The van der Waals surface area contributed by atoms with Crippen molar-refractivity contribution >= 4 is 0 Å². The van der Waals surface area contributed by atoms with Gasteiger partial charge in [-0.1, -0.05) is 12.1 Å². The van der Waals surface area contributed by atoms with Crippen LogP contribution in [0.1, 0.15) is 19.3 Å². The molecule has 2 N–H and O–H groups in total. The number of halogens is 2. The Morgan fingerprint density at radius 3 is 2.32 bits per heavy atom. The lowest BCUT2D eigenvalue weighted by Crippen LogP contribution is -2.26. The van der Waals surface area contributed by atoms with Crippen molar-refractivity contribution in [2.24, 2.45) is 0 Å². The zero-order chi connectivity index (χ0) is 15.7. The van der Waals surface area contributed by atoms with Crippen LogP contribution < -0.4 is 4.74 Å². The van der Waals surface area contributed by atoms with Crippen LogP contribution >= 0.6 is 0 Å². The third kappa shape index (κ3) is 2.76. The summed E-state index contributed by atoms with van der Waals surface area (Å²) in [5.74, 6) is -2.20. The second kappa shape index (κ2) is 5.93. The first-order valence-corrected chi connectivity index (χ1v) is 7.18. The van der Waals surface area contributed by atoms with E-state index in [9.17, 15) is 19.0 Å². The molecule has 0 radical (unpaired) electrons. The number of aromatic hydroxyl groups is 1. The molecule has 116 valence electrons. The summed E-state index contributed by atoms with van der Waals surface area (Å²) in [6.45, 7) is 0. The molecular formula is C17H16F2O3. The van der Waals surface area contributed by atoms with Crippen LogP contribution in [0, 0.1) is 11.6 Å². The van der Waals surface area contributed by atoms with Gasteiger partial charge in [-0.25, -0.2) is 4.39 Å². The Labute approximate surface area is 126 Å². The van der Waals surface area contributed by atoms with Gasteiger partial charge in [0.2, 0.25) is 5.82 Å². The van der Waals surface area contributed by atoms with Gasteiger partial charge in [-0.15, -0.1) is 0 Å². The molecule has 3 nitrogen and oxygen atoms in total. The van der Waals surface area contributed by atoms with Crippen molar-refractivity contribution in [3.8, 4) is 22.6 Å². The SMILES string of the molecule is Oc1ccc(-c2ccc(OC3CCCC3O)c(F)c2F)cc1. The van der Waals surface area contributed by atoms with E-state index in [1.807, 2.05) is 0 Å². The first-order valence-electron chi connectivity index (χ1n) is 7.18. The molecule has 0 saturated heterocycles. The van der Waals surface area contributed by atoms with Gasteiger partial charge in [-0.2, -0.15) is 4.39 Å². The van der Waals surface area contributed by atoms with Crippen molar-refractivity contribution < 1.29 is 23.7 Å². The standard InChI is InChI=1S/C17H16F2O3/c18-16-12(10-4-6-11(20)7-5-10)8-9-15(17(16)19)22-14-3-1-2-13(14)21/h4-9,13-14,20-21H,1-3H2. The largest absolute Gasteiger partial charge is 0.508 e. The fourth-order valence-corrected chi connectivity index (χ4v) is 2.69. The second-order valence-electron chi connectivity index (χ2n) is 5.44. The predicted octanol–water partition coefficient (Wildman–Crippen LogP) is 3.63. The summed E-state index contributed by atoms with van der Waals surface area (Å²) in [5, 5.41) is 18.9. The zero-order valence-corrected chi connectivity index (χ0v) is 11.8. The van der Waals surface area contributed by atoms with Crippen molar-refractivity contribution in [1.82, 2.24) is 0 Å². The van der Waals surface area contributed by atoms with Gasteiger partial charge in [0.1, 0.15) is 11.9 Å². The van der Waals surface area contributed by atoms with Crippen molar-refractivity contribution in [2.45, 2.75) is 31.5 Å². The monoisotopic (exact) mass is 306 g/mol. The Kier molecular flexibility index (Phi) is 3.98. The van der Waals surface area contributed by atoms with Crippen LogP contribution in [0.2, 0.25) is 0 Å². The Morgan fingerprint density at radius 1 is 0.955 bits per heavy atom. The number of hydrogen-bond acceptors (Lipinski definition) is 3. The second-order valence-corrected chi connectivity index (χ2v) is 5.44. The highest BCUT2D eigenvalue weighted by molar-refractivity contribution is 5.66. The molecule has 0 amide bonds. The fourth-order valence-electron chi connectivity index (χ4n) is 2.69. The quantitative estimate of drug-likeness (QED) is 0.910. The molecule has 22 heavy (non-hydrogen) atoms. The first kappa shape index (κ1) is 14.8. The minimum Gasteiger partial charge on any atom is -0.508 e. The Morgan fingerprint density at radius 2 is 1.68 bits per heavy atom. The molecule has 2 atom stereocenters. The Balaban J connectivity index is 1.89. The van der Waals surface area contributed by atoms with Crippen molar-refractivity contribution in [1.29, 1.82) is 0 Å². The molecule has 0 spiro atoms. The van der Waals surface area contributed by atoms with Crippen LogP contribution in [0.15, 0.2) is 36.4 Å². The number of phenolic OH excluding ortho intramolecular Hbond substituents is 1. The zero-order valence-electron chi connectivity index (χ0n) is 11.8. The van der Waals surface area contributed by atoms with E-state index in [-0.39, 0.29) is 17.1 Å². The van der Waals surface area contributed by atoms with Crippen LogP contribution in [0.5, 0.6) is 11.5 Å². The number of rotatable bonds is 3. The topological polar surface area (TPSA) is 49.7 Å². The third-order valence-corrected chi connectivity index (χ3v) is 3.92. The molecule has 5 heteroatoms. The average Bonchev–Trinajstić information content (AvgIpc) is 2.91. The molecular weight excluding hydrogens is 290 g/mol. The molecule has 1 aliphatic carbocycles. The van der Waals surface area contributed by atoms with Gasteiger partial charge in [0, 0.05) is 5.56 Å². The summed E-state index contributed by atoms with van der Waals surface area (Å²) < 4.78 is 33.8. The molecule has 0 heterocycles. The molecule has 0 aromatic heterocycles. The highest BCUT2D eigenvalue weighted by Gasteiger charge is 2.28. The van der Waals surface area contributed by atoms with Gasteiger partial charge in [0.15, 0.2) is 11.6 Å². The van der Waals surface area contributed by atoms with Gasteiger partial charge in [0.05, 0.1) is 6.10 Å². The Hall–Kier alpha value is -2.14. The normalized spacial score (nSPS) is 21.0. The van der Waals surface area contributed by atoms with E-state index in [1.54, 1.807) is 0 Å². The smallest absolute Gasteiger partial charge is 0.201 e. The summed E-state index contributed by atoms with van der Waals surface area (Å²) in [5.41, 5.74) is 0.554. The van der Waals surface area contributed by atoms with Gasteiger partial charge in [-0.3, -0.25) is 0 Å². The summed E-state index contributed by atoms with van der Waals surface area (Å²) in [6, 6.07) is 8.63. The van der Waals surface area contributed by atoms with Crippen LogP contribution in [-0.2, 0) is 0 Å². The molecule has 2 aromatic rings. The Bertz CT molecular complexity index is 670. The third-order valence-electron chi connectivity index (χ3n) is 3.92. The molecule has 1 aliphatic rings. The van der Waals surface area contributed by atoms with Gasteiger partial charge >= 0.3 is 0 Å². The molecule has 0 bridgehead atoms. The molecule has 2 unspecified atom stereocenters. The van der Waals surface area contributed by atoms with E-state index in [0.717, 1.165) is 6.42 Å². The number of aliphatic hydroxyl groups excluding tert-OH is 1. The number of ether oxygens (including phenoxy) is 1. The van der Waals surface area contributed by atoms with E-state index in [4.69, 9.17) is 4.74 Å². The molecule has 1 fully saturated rings. The van der Waals surface area contributed by atoms with Crippen LogP contribution in [0.25, 0.3) is 11.1 Å². The van der Waals surface area contributed by atoms with Crippen LogP contribution in [0.4, 0.5) is 8.78 Å². The van der Waals surface area contributed by atoms with Crippen LogP contribution in [0.3, 0.4) is 0 Å². The summed E-state index contributed by atoms with van der Waals surface area (Å²) in [4.78, 5) is 0. The van der Waals surface area contributed by atoms with E-state index >= 15 is 0 Å². The van der Waals surface area contributed by atoms with Gasteiger partial charge in [0.25, 0.3) is 0 Å². The van der Waals surface area contributed by atoms with E-state index in [2.05, 4.69) is 0 Å². The lowest BCUT2D eigenvalue weighted by Gasteiger charge is -2.18. The number of aliphatic hydroxyl groups is 1. The van der Waals surface area contributed by atoms with Gasteiger partial charge < -0.3 is 14.9 Å². The fraction of sp³-hybridized carbons (Fsp3) is 0.294. The number of phenols is 1. The molecule has 1 saturated carbocycles. The lowest BCUT2D eigenvalue weighted by atomic mass is 10.0. The maximum atomic E-state index is 14.2. The summed E-state index contributed by atoms with van der Waals surface area (Å²) >= 11 is 0. The summed E-state index contributed by atoms with van der Waals surface area (Å²) in [6.07, 6.45) is 0.914. The van der Waals surface area contributed by atoms with Crippen LogP contribution in [-0.4, -0.2) is 22.4 Å². The molecule has 2 aromatic carbocycles. The first-order chi connectivity index (χ1) is 10.6. The van der Waals surface area contributed by atoms with Crippen molar-refractivity contribution in [2.75, 3.05) is 0 Å². The van der Waals surface area contributed by atoms with E-state index < -0.39 is 23.8 Å². The summed E-state index contributed by atoms with van der Waals surface area (Å²) in [7, 11) is 0. The van der Waals surface area contributed by atoms with Crippen molar-refractivity contribution in [3.05, 3.63) is 48.0 Å². The van der Waals surface area contributed by atoms with E-state index in [1.165, 1.54) is 36.4 Å². The molecule has 0 aliphatic heterocycles. The predicted molar refractivity (Wildman–Crippen MR) is 77.7 cm³/mol. The maximum Gasteiger partial charge on any atom is 0.201 e. The highest BCUT2D eigenvalue weighted by Crippen LogP contribution is 2.33. The highest BCUT2D eigenvalue weighted by atomic mass is 19.2. The lowest BCUT2D eigenvalue weighted by molar-refractivity contribution is 0.0574. The van der Waals surface area contributed by atoms with Crippen molar-refractivity contribution in [3.63, 3.8) is 0 Å². The van der Waals surface area contributed by atoms with E-state index in [0.29, 0.717) is 18.4 Å².